The van der Waals surface area contributed by atoms with Crippen LogP contribution in [0.25, 0.3) is 6.08 Å². The average Bonchev–Trinajstić information content (AvgIpc) is 2.55. The SMILES string of the molecule is Cc1ccc([N+](=O)[O-])cc1NC(=O)C1=Cc2cc(Cl)ccc2OC1. The number of nitro groups is 1. The van der Waals surface area contributed by atoms with Crippen molar-refractivity contribution in [3.63, 3.8) is 0 Å². The highest BCUT2D eigenvalue weighted by atomic mass is 35.5. The number of rotatable bonds is 3. The molecule has 2 aromatic carbocycles. The van der Waals surface area contributed by atoms with Crippen LogP contribution in [-0.2, 0) is 4.79 Å². The molecular weight excluding hydrogens is 332 g/mol. The van der Waals surface area contributed by atoms with E-state index in [0.717, 1.165) is 11.1 Å². The molecule has 0 aliphatic carbocycles. The molecule has 3 rings (SSSR count). The van der Waals surface area contributed by atoms with Crippen LogP contribution in [0, 0.1) is 17.0 Å². The van der Waals surface area contributed by atoms with Gasteiger partial charge in [0.2, 0.25) is 0 Å². The maximum atomic E-state index is 12.4. The Morgan fingerprint density at radius 3 is 2.83 bits per heavy atom. The maximum absolute atomic E-state index is 12.4. The molecular formula is C17H13ClN2O4. The zero-order valence-electron chi connectivity index (χ0n) is 12.7. The minimum Gasteiger partial charge on any atom is -0.488 e. The number of hydrogen-bond acceptors (Lipinski definition) is 4. The summed E-state index contributed by atoms with van der Waals surface area (Å²) in [5, 5.41) is 14.1. The number of carbonyl (C=O) groups is 1. The monoisotopic (exact) mass is 344 g/mol. The van der Waals surface area contributed by atoms with Gasteiger partial charge < -0.3 is 10.1 Å². The van der Waals surface area contributed by atoms with Crippen molar-refractivity contribution in [2.45, 2.75) is 6.92 Å². The number of nitro benzene ring substituents is 1. The Morgan fingerprint density at radius 2 is 2.08 bits per heavy atom. The van der Waals surface area contributed by atoms with E-state index in [2.05, 4.69) is 5.32 Å². The van der Waals surface area contributed by atoms with Crippen LogP contribution in [0.15, 0.2) is 42.0 Å². The molecule has 0 bridgehead atoms. The van der Waals surface area contributed by atoms with E-state index < -0.39 is 4.92 Å². The third-order valence-electron chi connectivity index (χ3n) is 3.66. The van der Waals surface area contributed by atoms with Gasteiger partial charge in [0.1, 0.15) is 12.4 Å². The van der Waals surface area contributed by atoms with Crippen LogP contribution in [0.4, 0.5) is 11.4 Å². The number of nitrogens with one attached hydrogen (secondary N) is 1. The van der Waals surface area contributed by atoms with E-state index in [4.69, 9.17) is 16.3 Å². The summed E-state index contributed by atoms with van der Waals surface area (Å²) < 4.78 is 5.55. The van der Waals surface area contributed by atoms with E-state index >= 15 is 0 Å². The van der Waals surface area contributed by atoms with Crippen molar-refractivity contribution in [3.05, 3.63) is 68.2 Å². The lowest BCUT2D eigenvalue weighted by molar-refractivity contribution is -0.384. The standard InChI is InChI=1S/C17H13ClN2O4/c1-10-2-4-14(20(22)23)8-15(10)19-17(21)12-6-11-7-13(18)3-5-16(11)24-9-12/h2-8H,9H2,1H3,(H,19,21). The largest absolute Gasteiger partial charge is 0.488 e. The Kier molecular flexibility index (Phi) is 4.22. The average molecular weight is 345 g/mol. The fourth-order valence-electron chi connectivity index (χ4n) is 2.34. The molecule has 7 heteroatoms. The van der Waals surface area contributed by atoms with Gasteiger partial charge in [-0.2, -0.15) is 0 Å². The Bertz CT molecular complexity index is 877. The number of hydrogen-bond donors (Lipinski definition) is 1. The van der Waals surface area contributed by atoms with E-state index in [0.29, 0.717) is 22.0 Å². The lowest BCUT2D eigenvalue weighted by Gasteiger charge is -2.18. The van der Waals surface area contributed by atoms with Crippen LogP contribution < -0.4 is 10.1 Å². The first-order chi connectivity index (χ1) is 11.4. The molecule has 0 spiro atoms. The molecule has 1 amide bonds. The number of nitrogens with zero attached hydrogens (tertiary/aromatic N) is 1. The van der Waals surface area contributed by atoms with Crippen molar-refractivity contribution in [1.82, 2.24) is 0 Å². The second-order valence-corrected chi connectivity index (χ2v) is 5.79. The molecule has 122 valence electrons. The first kappa shape index (κ1) is 16.0. The number of amides is 1. The van der Waals surface area contributed by atoms with E-state index in [1.807, 2.05) is 0 Å². The normalized spacial score (nSPS) is 12.7. The summed E-state index contributed by atoms with van der Waals surface area (Å²) in [5.41, 5.74) is 2.17. The number of ether oxygens (including phenoxy) is 1. The smallest absolute Gasteiger partial charge is 0.271 e. The molecule has 0 saturated carbocycles. The summed E-state index contributed by atoms with van der Waals surface area (Å²) in [6.07, 6.45) is 1.70. The molecule has 1 heterocycles. The molecule has 1 aliphatic heterocycles. The van der Waals surface area contributed by atoms with Crippen LogP contribution in [0.2, 0.25) is 5.02 Å². The van der Waals surface area contributed by atoms with Crippen LogP contribution in [0.1, 0.15) is 11.1 Å². The molecule has 2 aromatic rings. The second kappa shape index (κ2) is 6.33. The molecule has 1 aliphatic rings. The highest BCUT2D eigenvalue weighted by Crippen LogP contribution is 2.30. The van der Waals surface area contributed by atoms with E-state index in [1.54, 1.807) is 37.3 Å². The van der Waals surface area contributed by atoms with Gasteiger partial charge in [0.05, 0.1) is 16.2 Å². The summed E-state index contributed by atoms with van der Waals surface area (Å²) in [6.45, 7) is 1.88. The van der Waals surface area contributed by atoms with Gasteiger partial charge in [-0.15, -0.1) is 0 Å². The van der Waals surface area contributed by atoms with Crippen LogP contribution >= 0.6 is 11.6 Å². The molecule has 0 atom stereocenters. The summed E-state index contributed by atoms with van der Waals surface area (Å²) in [6, 6.07) is 9.49. The van der Waals surface area contributed by atoms with Gasteiger partial charge in [-0.05, 0) is 36.8 Å². The number of aryl methyl sites for hydroxylation is 1. The highest BCUT2D eigenvalue weighted by Gasteiger charge is 2.19. The van der Waals surface area contributed by atoms with Crippen LogP contribution in [-0.4, -0.2) is 17.4 Å². The Morgan fingerprint density at radius 1 is 1.29 bits per heavy atom. The molecule has 0 aromatic heterocycles. The fourth-order valence-corrected chi connectivity index (χ4v) is 2.52. The number of halogens is 1. The summed E-state index contributed by atoms with van der Waals surface area (Å²) in [4.78, 5) is 22.8. The molecule has 0 fully saturated rings. The van der Waals surface area contributed by atoms with E-state index in [-0.39, 0.29) is 18.2 Å². The third kappa shape index (κ3) is 3.23. The fraction of sp³-hybridized carbons (Fsp3) is 0.118. The zero-order valence-corrected chi connectivity index (χ0v) is 13.5. The van der Waals surface area contributed by atoms with Crippen LogP contribution in [0.5, 0.6) is 5.75 Å². The van der Waals surface area contributed by atoms with Crippen molar-refractivity contribution in [2.75, 3.05) is 11.9 Å². The van der Waals surface area contributed by atoms with Gasteiger partial charge in [-0.3, -0.25) is 14.9 Å². The van der Waals surface area contributed by atoms with Crippen LogP contribution in [0.3, 0.4) is 0 Å². The third-order valence-corrected chi connectivity index (χ3v) is 3.89. The quantitative estimate of drug-likeness (QED) is 0.674. The summed E-state index contributed by atoms with van der Waals surface area (Å²) >= 11 is 5.95. The highest BCUT2D eigenvalue weighted by molar-refractivity contribution is 6.30. The van der Waals surface area contributed by atoms with Gasteiger partial charge in [-0.1, -0.05) is 17.7 Å². The number of non-ortho nitro benzene ring substituents is 1. The van der Waals surface area contributed by atoms with Gasteiger partial charge in [0.25, 0.3) is 11.6 Å². The minimum absolute atomic E-state index is 0.0816. The van der Waals surface area contributed by atoms with Crippen molar-refractivity contribution < 1.29 is 14.5 Å². The lowest BCUT2D eigenvalue weighted by atomic mass is 10.1. The summed E-state index contributed by atoms with van der Waals surface area (Å²) in [5.74, 6) is 0.284. The van der Waals surface area contributed by atoms with E-state index in [1.165, 1.54) is 12.1 Å². The first-order valence-electron chi connectivity index (χ1n) is 7.13. The number of carbonyl (C=O) groups excluding carboxylic acids is 1. The second-order valence-electron chi connectivity index (χ2n) is 5.35. The predicted molar refractivity (Wildman–Crippen MR) is 91.4 cm³/mol. The molecule has 6 nitrogen and oxygen atoms in total. The lowest BCUT2D eigenvalue weighted by Crippen LogP contribution is -2.21. The number of anilines is 1. The van der Waals surface area contributed by atoms with Crippen molar-refractivity contribution in [1.29, 1.82) is 0 Å². The Labute approximate surface area is 142 Å². The first-order valence-corrected chi connectivity index (χ1v) is 7.51. The summed E-state index contributed by atoms with van der Waals surface area (Å²) in [7, 11) is 0. The van der Waals surface area contributed by atoms with Gasteiger partial charge >= 0.3 is 0 Å². The van der Waals surface area contributed by atoms with Gasteiger partial charge in [-0.25, -0.2) is 0 Å². The van der Waals surface area contributed by atoms with Crippen molar-refractivity contribution in [3.8, 4) is 5.75 Å². The van der Waals surface area contributed by atoms with E-state index in [9.17, 15) is 14.9 Å². The van der Waals surface area contributed by atoms with Gasteiger partial charge in [0, 0.05) is 22.7 Å². The zero-order chi connectivity index (χ0) is 17.3. The van der Waals surface area contributed by atoms with Crippen molar-refractivity contribution in [2.24, 2.45) is 0 Å². The molecule has 0 unspecified atom stereocenters. The number of benzene rings is 2. The molecule has 24 heavy (non-hydrogen) atoms. The molecule has 0 radical (unpaired) electrons. The number of fused-ring (bicyclic) bond motifs is 1. The Balaban J connectivity index is 1.86. The molecule has 1 N–H and O–H groups in total. The topological polar surface area (TPSA) is 81.5 Å². The molecule has 0 saturated heterocycles. The minimum atomic E-state index is -0.504. The maximum Gasteiger partial charge on any atom is 0.271 e. The predicted octanol–water partition coefficient (Wildman–Crippen LogP) is 3.97. The van der Waals surface area contributed by atoms with Gasteiger partial charge in [0.15, 0.2) is 0 Å². The van der Waals surface area contributed by atoms with Crippen molar-refractivity contribution >= 4 is 35.0 Å². The Hall–Kier alpha value is -2.86.